The fourth-order valence-electron chi connectivity index (χ4n) is 8.48. The molecule has 3 aromatic rings. The Bertz CT molecular complexity index is 2630. The number of aliphatic hydroxyl groups excluding tert-OH is 12. The molecule has 40 nitrogen and oxygen atoms in total. The minimum atomic E-state index is -1.78. The van der Waals surface area contributed by atoms with Gasteiger partial charge in [0.2, 0.25) is 29.5 Å². The fourth-order valence-corrected chi connectivity index (χ4v) is 8.48. The minimum absolute atomic E-state index is 0.0164. The van der Waals surface area contributed by atoms with Crippen molar-refractivity contribution in [2.45, 2.75) is 169 Å². The van der Waals surface area contributed by atoms with E-state index in [1.807, 2.05) is 0 Å². The van der Waals surface area contributed by atoms with Crippen molar-refractivity contribution in [3.63, 3.8) is 0 Å². The number of nitrogens with two attached hydrogens (primary N) is 1. The third-order valence-corrected chi connectivity index (χ3v) is 13.3. The molecular weight excluding hydrogens is 1150 g/mol. The van der Waals surface area contributed by atoms with Crippen LogP contribution in [0.4, 0.5) is 0 Å². The Morgan fingerprint density at radius 2 is 0.800 bits per heavy atom. The summed E-state index contributed by atoms with van der Waals surface area (Å²) in [6.07, 6.45) is -21.1. The topological polar surface area (TPSA) is 599 Å². The maximum Gasteiger partial charge on any atom is 0.305 e. The SMILES string of the molecule is N[C@@H](CC(=O)N[C@@H](CC(=O)N[C@@H](CC(=O)O)C(=O)NCc1cn(CCO[C@H]2O[C@H](CO)[C@@H](O)[C@H](O)[C@@H]2O)nn1)C(=O)NCc1cn(CCO[C@H]2O[C@H](CO)[C@@H](O)[C@H](O)[C@@H]2O)nn1)C(=O)NCc1cn(CCO[C@H]2O[C@H](CO)[C@@H](O)[C@H](O)[C@@H]2O)nn1. The van der Waals surface area contributed by atoms with Gasteiger partial charge in [-0.15, -0.1) is 15.3 Å². The Labute approximate surface area is 479 Å². The van der Waals surface area contributed by atoms with E-state index in [1.54, 1.807) is 0 Å². The maximum atomic E-state index is 13.7. The second kappa shape index (κ2) is 32.3. The minimum Gasteiger partial charge on any atom is -0.481 e. The number of ether oxygens (including phenoxy) is 6. The number of carbonyl (C=O) groups excluding carboxylic acids is 5. The highest BCUT2D eigenvalue weighted by Crippen LogP contribution is 2.24. The molecule has 0 saturated carbocycles. The molecule has 18 atom stereocenters. The molecule has 3 fully saturated rings. The lowest BCUT2D eigenvalue weighted by Crippen LogP contribution is -2.59. The monoisotopic (exact) mass is 1220 g/mol. The van der Waals surface area contributed by atoms with Gasteiger partial charge < -0.3 is 127 Å². The number of carboxylic acid groups (broad SMARTS) is 1. The Morgan fingerprint density at radius 1 is 0.482 bits per heavy atom. The van der Waals surface area contributed by atoms with Crippen LogP contribution in [0.1, 0.15) is 36.3 Å². The molecule has 3 aliphatic rings. The van der Waals surface area contributed by atoms with E-state index < -0.39 is 185 Å². The van der Waals surface area contributed by atoms with E-state index >= 15 is 0 Å². The zero-order valence-electron chi connectivity index (χ0n) is 45.0. The smallest absolute Gasteiger partial charge is 0.305 e. The van der Waals surface area contributed by atoms with Gasteiger partial charge in [0.05, 0.1) is 123 Å². The summed E-state index contributed by atoms with van der Waals surface area (Å²) >= 11 is 0. The highest BCUT2D eigenvalue weighted by Gasteiger charge is 2.46. The van der Waals surface area contributed by atoms with Crippen LogP contribution < -0.4 is 32.3 Å². The molecule has 3 aromatic heterocycles. The lowest BCUT2D eigenvalue weighted by molar-refractivity contribution is -0.301. The molecule has 0 spiro atoms. The number of hydrogen-bond donors (Lipinski definition) is 19. The number of carbonyl (C=O) groups is 6. The highest BCUT2D eigenvalue weighted by molar-refractivity contribution is 5.95. The van der Waals surface area contributed by atoms with Crippen LogP contribution in [0.2, 0.25) is 0 Å². The van der Waals surface area contributed by atoms with E-state index in [-0.39, 0.29) is 76.2 Å². The number of nitrogens with zero attached hydrogens (tertiary/aromatic N) is 9. The van der Waals surface area contributed by atoms with Gasteiger partial charge in [0.1, 0.15) is 102 Å². The average molecular weight is 1220 g/mol. The van der Waals surface area contributed by atoms with Crippen LogP contribution in [0.25, 0.3) is 0 Å². The normalized spacial score (nSPS) is 28.8. The second-order valence-corrected chi connectivity index (χ2v) is 19.6. The lowest BCUT2D eigenvalue weighted by atomic mass is 9.99. The van der Waals surface area contributed by atoms with Gasteiger partial charge in [-0.05, 0) is 0 Å². The van der Waals surface area contributed by atoms with Crippen LogP contribution in [0.3, 0.4) is 0 Å². The van der Waals surface area contributed by atoms with Crippen LogP contribution in [0, 0.1) is 0 Å². The van der Waals surface area contributed by atoms with Gasteiger partial charge >= 0.3 is 5.97 Å². The van der Waals surface area contributed by atoms with Gasteiger partial charge in [0, 0.05) is 0 Å². The summed E-state index contributed by atoms with van der Waals surface area (Å²) in [4.78, 5) is 79.0. The third kappa shape index (κ3) is 19.2. The molecule has 476 valence electrons. The number of aliphatic hydroxyl groups is 12. The van der Waals surface area contributed by atoms with Crippen LogP contribution >= 0.6 is 0 Å². The number of aromatic nitrogens is 9. The summed E-state index contributed by atoms with van der Waals surface area (Å²) in [6, 6.07) is -5.11. The van der Waals surface area contributed by atoms with Crippen LogP contribution in [0.5, 0.6) is 0 Å². The molecule has 6 heterocycles. The summed E-state index contributed by atoms with van der Waals surface area (Å²) < 4.78 is 36.0. The Kier molecular flexibility index (Phi) is 25.7. The number of aliphatic carboxylic acids is 1. The first-order chi connectivity index (χ1) is 40.5. The Hall–Kier alpha value is -6.52. The van der Waals surface area contributed by atoms with Gasteiger partial charge in [-0.25, -0.2) is 14.0 Å². The molecule has 0 aromatic carbocycles. The van der Waals surface area contributed by atoms with Crippen molar-refractivity contribution in [3.05, 3.63) is 35.7 Å². The number of hydrogen-bond acceptors (Lipinski definition) is 31. The Morgan fingerprint density at radius 3 is 1.13 bits per heavy atom. The largest absolute Gasteiger partial charge is 0.481 e. The van der Waals surface area contributed by atoms with Crippen molar-refractivity contribution >= 4 is 35.5 Å². The van der Waals surface area contributed by atoms with Gasteiger partial charge in [0.15, 0.2) is 18.9 Å². The van der Waals surface area contributed by atoms with Crippen molar-refractivity contribution in [3.8, 4) is 0 Å². The van der Waals surface area contributed by atoms with Gasteiger partial charge in [-0.2, -0.15) is 0 Å². The number of rotatable bonds is 32. The predicted molar refractivity (Wildman–Crippen MR) is 268 cm³/mol. The molecule has 85 heavy (non-hydrogen) atoms. The second-order valence-electron chi connectivity index (χ2n) is 19.6. The quantitative estimate of drug-likeness (QED) is 0.0276. The van der Waals surface area contributed by atoms with Gasteiger partial charge in [0.25, 0.3) is 0 Å². The summed E-state index contributed by atoms with van der Waals surface area (Å²) in [5.74, 6) is -6.60. The van der Waals surface area contributed by atoms with Crippen LogP contribution in [-0.4, -0.2) is 297 Å². The maximum absolute atomic E-state index is 13.7. The van der Waals surface area contributed by atoms with Gasteiger partial charge in [-0.3, -0.25) is 28.8 Å². The third-order valence-electron chi connectivity index (χ3n) is 13.3. The van der Waals surface area contributed by atoms with E-state index in [1.165, 1.54) is 32.6 Å². The summed E-state index contributed by atoms with van der Waals surface area (Å²) in [5.41, 5.74) is 6.51. The van der Waals surface area contributed by atoms with E-state index in [2.05, 4.69) is 57.5 Å². The fraction of sp³-hybridized carbons (Fsp3) is 0.733. The van der Waals surface area contributed by atoms with Crippen molar-refractivity contribution in [1.82, 2.24) is 71.6 Å². The first-order valence-corrected chi connectivity index (χ1v) is 26.3. The zero-order valence-corrected chi connectivity index (χ0v) is 45.0. The van der Waals surface area contributed by atoms with Crippen molar-refractivity contribution in [2.75, 3.05) is 39.6 Å². The first-order valence-electron chi connectivity index (χ1n) is 26.3. The number of carboxylic acids is 1. The molecule has 40 heteroatoms. The van der Waals surface area contributed by atoms with E-state index in [4.69, 9.17) is 34.2 Å². The van der Waals surface area contributed by atoms with Gasteiger partial charge in [-0.1, -0.05) is 15.6 Å². The zero-order chi connectivity index (χ0) is 62.1. The van der Waals surface area contributed by atoms with Crippen molar-refractivity contribution in [2.24, 2.45) is 5.73 Å². The summed E-state index contributed by atoms with van der Waals surface area (Å²) in [6.45, 7) is -3.54. The van der Waals surface area contributed by atoms with Crippen molar-refractivity contribution in [1.29, 1.82) is 0 Å². The van der Waals surface area contributed by atoms with E-state index in [0.29, 0.717) is 0 Å². The molecule has 5 amide bonds. The highest BCUT2D eigenvalue weighted by atomic mass is 16.7. The molecule has 0 aliphatic carbocycles. The molecule has 0 radical (unpaired) electrons. The summed E-state index contributed by atoms with van der Waals surface area (Å²) in [7, 11) is 0. The lowest BCUT2D eigenvalue weighted by Gasteiger charge is -2.39. The van der Waals surface area contributed by atoms with Crippen LogP contribution in [0.15, 0.2) is 18.6 Å². The first kappa shape index (κ1) is 67.6. The molecule has 20 N–H and O–H groups in total. The molecule has 3 aliphatic heterocycles. The number of nitrogens with one attached hydrogen (secondary N) is 5. The molecule has 3 saturated heterocycles. The van der Waals surface area contributed by atoms with E-state index in [0.717, 1.165) is 0 Å². The molecule has 0 bridgehead atoms. The predicted octanol–water partition coefficient (Wildman–Crippen LogP) is -13.3. The van der Waals surface area contributed by atoms with Crippen molar-refractivity contribution < 1.29 is 124 Å². The molecule has 0 unspecified atom stereocenters. The van der Waals surface area contributed by atoms with Crippen LogP contribution in [-0.2, 0) is 96.5 Å². The molecular formula is C45H71N15O25. The summed E-state index contributed by atoms with van der Waals surface area (Å²) in [5, 5.41) is 164. The Balaban J connectivity index is 1.02. The standard InChI is InChI=1S/C45H71N15O25/c46-22(40(77)47-10-19-13-58(55-52-19)1-4-80-43-37(74)34(71)31(68)25(16-61)83-43)7-28(64)50-23(41(78)48-11-20-14-59(56-53-20)2-5-81-44-38(75)35(72)32(69)26(17-62)84-44)8-29(65)51-24(9-30(66)67)42(79)49-12-21-15-60(57-54-21)3-6-82-45-39(76)36(73)33(70)27(18-63)85-45/h13-15,22-27,31-39,43-45,61-63,68-76H,1-12,16-18,46H2,(H,47,77)(H,48,78)(H,49,79)(H,50,64)(H,51,65)(H,66,67)/t22-,23-,24-,25+,26+,27+,31+,32+,33+,34-,35-,36-,37-,38-,39-,43-,44-,45-/m0/s1. The van der Waals surface area contributed by atoms with E-state index in [9.17, 15) is 95.2 Å². The average Bonchev–Trinajstić information content (AvgIpc) is 4.39. The number of amides is 5. The molecule has 6 rings (SSSR count).